The molecule has 0 amide bonds. The van der Waals surface area contributed by atoms with E-state index < -0.39 is 0 Å². The van der Waals surface area contributed by atoms with E-state index in [1.165, 1.54) is 44.9 Å². The first-order chi connectivity index (χ1) is 10.9. The lowest BCUT2D eigenvalue weighted by molar-refractivity contribution is -0.164. The summed E-state index contributed by atoms with van der Waals surface area (Å²) < 4.78 is 0. The summed E-state index contributed by atoms with van der Waals surface area (Å²) in [4.78, 5) is 12.2. The van der Waals surface area contributed by atoms with E-state index in [2.05, 4.69) is 13.8 Å². The second-order valence-corrected chi connectivity index (χ2v) is 9.75. The number of fused-ring (bicyclic) bond motifs is 5. The van der Waals surface area contributed by atoms with Gasteiger partial charge in [-0.2, -0.15) is 0 Å². The topological polar surface area (TPSA) is 37.3 Å². The van der Waals surface area contributed by atoms with Crippen LogP contribution >= 0.6 is 0 Å². The highest BCUT2D eigenvalue weighted by Gasteiger charge is 2.62. The zero-order valence-electron chi connectivity index (χ0n) is 15.2. The van der Waals surface area contributed by atoms with Gasteiger partial charge in [0.15, 0.2) is 0 Å². The van der Waals surface area contributed by atoms with E-state index >= 15 is 0 Å². The Labute approximate surface area is 141 Å². The Morgan fingerprint density at radius 2 is 1.74 bits per heavy atom. The highest BCUT2D eigenvalue weighted by atomic mass is 16.3. The van der Waals surface area contributed by atoms with Crippen molar-refractivity contribution in [1.82, 2.24) is 0 Å². The van der Waals surface area contributed by atoms with Gasteiger partial charge in [0.05, 0.1) is 6.10 Å². The van der Waals surface area contributed by atoms with Crippen LogP contribution in [0.4, 0.5) is 0 Å². The Morgan fingerprint density at radius 3 is 2.48 bits per heavy atom. The molecule has 4 fully saturated rings. The van der Waals surface area contributed by atoms with Gasteiger partial charge in [-0.25, -0.2) is 0 Å². The Balaban J connectivity index is 1.66. The predicted molar refractivity (Wildman–Crippen MR) is 91.9 cm³/mol. The van der Waals surface area contributed by atoms with Gasteiger partial charge in [-0.1, -0.05) is 20.3 Å². The lowest BCUT2D eigenvalue weighted by atomic mass is 9.44. The standard InChI is InChI=1S/C21H34O2/c1-13(22)16-9-10-17-15-8-7-14-5-4-6-19(23)21(14,3)18(15)11-12-20(16,17)2/h14-19,23H,4-12H2,1-3H3/t14?,15-,16+,17-,18-,19?,20+,21-/m0/s1. The number of rotatable bonds is 1. The third kappa shape index (κ3) is 2.06. The maximum absolute atomic E-state index is 12.2. The molecule has 0 radical (unpaired) electrons. The normalized spacial score (nSPS) is 55.7. The molecule has 130 valence electrons. The van der Waals surface area contributed by atoms with Crippen molar-refractivity contribution in [3.63, 3.8) is 0 Å². The minimum atomic E-state index is -0.0941. The molecule has 8 atom stereocenters. The van der Waals surface area contributed by atoms with Crippen molar-refractivity contribution in [2.45, 2.75) is 84.7 Å². The molecule has 2 unspecified atom stereocenters. The van der Waals surface area contributed by atoms with Gasteiger partial charge in [0.25, 0.3) is 0 Å². The second kappa shape index (κ2) is 5.31. The van der Waals surface area contributed by atoms with Gasteiger partial charge in [0, 0.05) is 5.92 Å². The SMILES string of the molecule is CC(=O)[C@H]1CC[C@H]2[C@@H]3CCC4CCCC(O)[C@]4(C)[C@H]3CC[C@]12C. The van der Waals surface area contributed by atoms with E-state index in [4.69, 9.17) is 0 Å². The first kappa shape index (κ1) is 16.1. The molecule has 1 N–H and O–H groups in total. The number of Topliss-reactive ketones (excluding diaryl/α,β-unsaturated/α-hetero) is 1. The predicted octanol–water partition coefficient (Wildman–Crippen LogP) is 4.60. The Kier molecular flexibility index (Phi) is 3.72. The Morgan fingerprint density at radius 1 is 0.957 bits per heavy atom. The molecule has 0 aliphatic heterocycles. The van der Waals surface area contributed by atoms with Crippen LogP contribution in [-0.2, 0) is 4.79 Å². The second-order valence-electron chi connectivity index (χ2n) is 9.75. The molecule has 4 saturated carbocycles. The molecule has 0 aromatic rings. The van der Waals surface area contributed by atoms with Crippen LogP contribution in [0, 0.1) is 40.4 Å². The number of hydrogen-bond acceptors (Lipinski definition) is 2. The van der Waals surface area contributed by atoms with Crippen LogP contribution < -0.4 is 0 Å². The number of hydrogen-bond donors (Lipinski definition) is 1. The van der Waals surface area contributed by atoms with E-state index in [9.17, 15) is 9.90 Å². The van der Waals surface area contributed by atoms with Crippen LogP contribution in [0.1, 0.15) is 78.6 Å². The van der Waals surface area contributed by atoms with Crippen LogP contribution in [0.2, 0.25) is 0 Å². The van der Waals surface area contributed by atoms with Crippen molar-refractivity contribution < 1.29 is 9.90 Å². The van der Waals surface area contributed by atoms with Crippen molar-refractivity contribution in [3.8, 4) is 0 Å². The summed E-state index contributed by atoms with van der Waals surface area (Å²) in [6.07, 6.45) is 10.9. The third-order valence-electron chi connectivity index (χ3n) is 9.20. The zero-order chi connectivity index (χ0) is 16.4. The molecule has 0 saturated heterocycles. The Bertz CT molecular complexity index is 500. The molecule has 4 rings (SSSR count). The first-order valence-electron chi connectivity index (χ1n) is 10.1. The maximum Gasteiger partial charge on any atom is 0.133 e. The number of carbonyl (C=O) groups is 1. The number of aliphatic hydroxyl groups excluding tert-OH is 1. The quantitative estimate of drug-likeness (QED) is 0.767. The van der Waals surface area contributed by atoms with Gasteiger partial charge in [-0.3, -0.25) is 4.79 Å². The van der Waals surface area contributed by atoms with Gasteiger partial charge < -0.3 is 5.11 Å². The smallest absolute Gasteiger partial charge is 0.133 e. The van der Waals surface area contributed by atoms with Gasteiger partial charge >= 0.3 is 0 Å². The Hall–Kier alpha value is -0.370. The maximum atomic E-state index is 12.2. The third-order valence-corrected chi connectivity index (χ3v) is 9.20. The number of aliphatic hydroxyl groups is 1. The van der Waals surface area contributed by atoms with Crippen LogP contribution in [0.15, 0.2) is 0 Å². The molecule has 2 nitrogen and oxygen atoms in total. The van der Waals surface area contributed by atoms with Crippen molar-refractivity contribution >= 4 is 5.78 Å². The molecular formula is C21H34O2. The van der Waals surface area contributed by atoms with E-state index in [-0.39, 0.29) is 16.9 Å². The fraction of sp³-hybridized carbons (Fsp3) is 0.952. The first-order valence-corrected chi connectivity index (χ1v) is 10.1. The van der Waals surface area contributed by atoms with E-state index in [0.29, 0.717) is 17.6 Å². The van der Waals surface area contributed by atoms with Gasteiger partial charge in [-0.05, 0) is 92.8 Å². The summed E-state index contributed by atoms with van der Waals surface area (Å²) in [7, 11) is 0. The summed E-state index contributed by atoms with van der Waals surface area (Å²) in [6.45, 7) is 6.64. The van der Waals surface area contributed by atoms with Crippen molar-refractivity contribution in [1.29, 1.82) is 0 Å². The summed E-state index contributed by atoms with van der Waals surface area (Å²) >= 11 is 0. The van der Waals surface area contributed by atoms with E-state index in [1.54, 1.807) is 0 Å². The molecule has 0 aromatic carbocycles. The van der Waals surface area contributed by atoms with Crippen LogP contribution in [0.25, 0.3) is 0 Å². The average molecular weight is 319 g/mol. The number of ketones is 1. The molecule has 2 heteroatoms. The molecule has 0 aromatic heterocycles. The van der Waals surface area contributed by atoms with Gasteiger partial charge in [0.1, 0.15) is 5.78 Å². The summed E-state index contributed by atoms with van der Waals surface area (Å²) in [5.41, 5.74) is 0.395. The highest BCUT2D eigenvalue weighted by molar-refractivity contribution is 5.79. The van der Waals surface area contributed by atoms with Crippen LogP contribution in [-0.4, -0.2) is 17.0 Å². The molecule has 0 heterocycles. The van der Waals surface area contributed by atoms with Crippen molar-refractivity contribution in [3.05, 3.63) is 0 Å². The van der Waals surface area contributed by atoms with E-state index in [1.807, 2.05) is 6.92 Å². The number of carbonyl (C=O) groups excluding carboxylic acids is 1. The highest BCUT2D eigenvalue weighted by Crippen LogP contribution is 2.67. The van der Waals surface area contributed by atoms with E-state index in [0.717, 1.165) is 30.6 Å². The molecule has 4 aliphatic carbocycles. The molecular weight excluding hydrogens is 284 g/mol. The lowest BCUT2D eigenvalue weighted by Crippen LogP contribution is -2.57. The van der Waals surface area contributed by atoms with Crippen LogP contribution in [0.3, 0.4) is 0 Å². The fourth-order valence-electron chi connectivity index (χ4n) is 7.98. The molecule has 4 aliphatic rings. The van der Waals surface area contributed by atoms with Crippen molar-refractivity contribution in [2.24, 2.45) is 40.4 Å². The molecule has 23 heavy (non-hydrogen) atoms. The van der Waals surface area contributed by atoms with Crippen molar-refractivity contribution in [2.75, 3.05) is 0 Å². The lowest BCUT2D eigenvalue weighted by Gasteiger charge is -2.61. The summed E-state index contributed by atoms with van der Waals surface area (Å²) in [5.74, 6) is 3.64. The summed E-state index contributed by atoms with van der Waals surface area (Å²) in [5, 5.41) is 10.9. The minimum Gasteiger partial charge on any atom is -0.393 e. The molecule has 0 bridgehead atoms. The summed E-state index contributed by atoms with van der Waals surface area (Å²) in [6, 6.07) is 0. The van der Waals surface area contributed by atoms with Gasteiger partial charge in [-0.15, -0.1) is 0 Å². The largest absolute Gasteiger partial charge is 0.393 e. The van der Waals surface area contributed by atoms with Gasteiger partial charge in [0.2, 0.25) is 0 Å². The fourth-order valence-corrected chi connectivity index (χ4v) is 7.98. The van der Waals surface area contributed by atoms with Crippen LogP contribution in [0.5, 0.6) is 0 Å². The zero-order valence-corrected chi connectivity index (χ0v) is 15.2. The minimum absolute atomic E-state index is 0.0941. The monoisotopic (exact) mass is 318 g/mol. The molecule has 0 spiro atoms. The average Bonchev–Trinajstić information content (AvgIpc) is 2.86.